The van der Waals surface area contributed by atoms with Crippen molar-refractivity contribution in [3.05, 3.63) is 12.2 Å². The molecule has 0 saturated carbocycles. The molecule has 4 nitrogen and oxygen atoms in total. The second kappa shape index (κ2) is 4.54. The van der Waals surface area contributed by atoms with Crippen molar-refractivity contribution in [2.24, 2.45) is 5.92 Å². The van der Waals surface area contributed by atoms with Crippen LogP contribution in [0.4, 0.5) is 0 Å². The van der Waals surface area contributed by atoms with Crippen LogP contribution in [0.15, 0.2) is 12.2 Å². The maximum atomic E-state index is 11.0. The standard InChI is InChI=1S/C8H12N2O2/c11-6-9-10-8(12)5-7-3-1-2-4-7/h1,3,6-7H,2,4-5H2,(H,9,11)(H,10,12). The molecule has 0 radical (unpaired) electrons. The SMILES string of the molecule is O=CNNC(=O)CC1C=CCC1. The summed E-state index contributed by atoms with van der Waals surface area (Å²) in [5.41, 5.74) is 4.39. The molecule has 1 rings (SSSR count). The van der Waals surface area contributed by atoms with Gasteiger partial charge in [0.15, 0.2) is 0 Å². The number of hydrogen-bond donors (Lipinski definition) is 2. The van der Waals surface area contributed by atoms with Crippen LogP contribution in [0.5, 0.6) is 0 Å². The van der Waals surface area contributed by atoms with Gasteiger partial charge in [0.05, 0.1) is 0 Å². The number of amides is 2. The van der Waals surface area contributed by atoms with Crippen molar-refractivity contribution < 1.29 is 9.59 Å². The van der Waals surface area contributed by atoms with Crippen LogP contribution in [0.3, 0.4) is 0 Å². The van der Waals surface area contributed by atoms with Gasteiger partial charge in [-0.05, 0) is 18.8 Å². The third kappa shape index (κ3) is 2.74. The number of carbonyl (C=O) groups excluding carboxylic acids is 2. The van der Waals surface area contributed by atoms with E-state index in [-0.39, 0.29) is 5.91 Å². The molecule has 0 aliphatic heterocycles. The zero-order valence-corrected chi connectivity index (χ0v) is 6.75. The van der Waals surface area contributed by atoms with Gasteiger partial charge in [0.2, 0.25) is 12.3 Å². The van der Waals surface area contributed by atoms with E-state index in [4.69, 9.17) is 0 Å². The summed E-state index contributed by atoms with van der Waals surface area (Å²) in [4.78, 5) is 20.8. The zero-order valence-electron chi connectivity index (χ0n) is 6.75. The van der Waals surface area contributed by atoms with Gasteiger partial charge in [-0.25, -0.2) is 0 Å². The highest BCUT2D eigenvalue weighted by Gasteiger charge is 2.12. The fourth-order valence-corrected chi connectivity index (χ4v) is 1.26. The highest BCUT2D eigenvalue weighted by molar-refractivity contribution is 5.77. The molecule has 1 aliphatic rings. The number of carbonyl (C=O) groups is 2. The Bertz CT molecular complexity index is 201. The highest BCUT2D eigenvalue weighted by Crippen LogP contribution is 2.19. The molecule has 0 bridgehead atoms. The van der Waals surface area contributed by atoms with Gasteiger partial charge in [0.25, 0.3) is 0 Å². The minimum atomic E-state index is -0.140. The lowest BCUT2D eigenvalue weighted by Crippen LogP contribution is -2.36. The summed E-state index contributed by atoms with van der Waals surface area (Å²) in [5, 5.41) is 0. The molecular weight excluding hydrogens is 156 g/mol. The molecule has 0 fully saturated rings. The van der Waals surface area contributed by atoms with E-state index in [1.165, 1.54) is 0 Å². The Morgan fingerprint density at radius 3 is 3.08 bits per heavy atom. The Morgan fingerprint density at radius 2 is 2.50 bits per heavy atom. The lowest BCUT2D eigenvalue weighted by atomic mass is 10.1. The molecule has 0 aromatic rings. The second-order valence-electron chi connectivity index (χ2n) is 2.78. The van der Waals surface area contributed by atoms with Crippen molar-refractivity contribution in [1.82, 2.24) is 10.9 Å². The molecule has 0 aromatic heterocycles. The Kier molecular flexibility index (Phi) is 3.32. The largest absolute Gasteiger partial charge is 0.277 e. The molecule has 1 atom stereocenters. The second-order valence-corrected chi connectivity index (χ2v) is 2.78. The molecule has 4 heteroatoms. The third-order valence-electron chi connectivity index (χ3n) is 1.83. The van der Waals surface area contributed by atoms with Crippen molar-refractivity contribution in [2.75, 3.05) is 0 Å². The molecule has 0 heterocycles. The van der Waals surface area contributed by atoms with Gasteiger partial charge in [-0.3, -0.25) is 20.4 Å². The first-order valence-corrected chi connectivity index (χ1v) is 3.97. The van der Waals surface area contributed by atoms with Crippen molar-refractivity contribution in [3.63, 3.8) is 0 Å². The molecule has 0 aromatic carbocycles. The van der Waals surface area contributed by atoms with Crippen LogP contribution in [0, 0.1) is 5.92 Å². The van der Waals surface area contributed by atoms with Crippen LogP contribution in [0.25, 0.3) is 0 Å². The van der Waals surface area contributed by atoms with E-state index >= 15 is 0 Å². The van der Waals surface area contributed by atoms with Gasteiger partial charge in [-0.15, -0.1) is 0 Å². The van der Waals surface area contributed by atoms with Gasteiger partial charge in [0, 0.05) is 6.42 Å². The Morgan fingerprint density at radius 1 is 1.67 bits per heavy atom. The highest BCUT2D eigenvalue weighted by atomic mass is 16.2. The lowest BCUT2D eigenvalue weighted by molar-refractivity contribution is -0.125. The minimum absolute atomic E-state index is 0.140. The summed E-state index contributed by atoms with van der Waals surface area (Å²) in [6.45, 7) is 0. The lowest BCUT2D eigenvalue weighted by Gasteiger charge is -2.06. The molecular formula is C8H12N2O2. The summed E-state index contributed by atoms with van der Waals surface area (Å²) < 4.78 is 0. The van der Waals surface area contributed by atoms with Gasteiger partial charge >= 0.3 is 0 Å². The van der Waals surface area contributed by atoms with Gasteiger partial charge in [0.1, 0.15) is 0 Å². The maximum Gasteiger partial charge on any atom is 0.238 e. The van der Waals surface area contributed by atoms with Crippen LogP contribution in [-0.2, 0) is 9.59 Å². The predicted octanol–water partition coefficient (Wildman–Crippen LogP) is 0.120. The Labute approximate surface area is 71.0 Å². The van der Waals surface area contributed by atoms with E-state index in [1.807, 2.05) is 6.08 Å². The monoisotopic (exact) mass is 168 g/mol. The summed E-state index contributed by atoms with van der Waals surface area (Å²) in [5.74, 6) is 0.206. The van der Waals surface area contributed by atoms with E-state index in [0.717, 1.165) is 12.8 Å². The van der Waals surface area contributed by atoms with E-state index in [9.17, 15) is 9.59 Å². The number of rotatable bonds is 4. The van der Waals surface area contributed by atoms with Gasteiger partial charge < -0.3 is 0 Å². The fourth-order valence-electron chi connectivity index (χ4n) is 1.26. The van der Waals surface area contributed by atoms with Crippen LogP contribution >= 0.6 is 0 Å². The maximum absolute atomic E-state index is 11.0. The molecule has 2 N–H and O–H groups in total. The van der Waals surface area contributed by atoms with E-state index < -0.39 is 0 Å². The number of allylic oxidation sites excluding steroid dienone is 2. The summed E-state index contributed by atoms with van der Waals surface area (Å²) in [6, 6.07) is 0. The fraction of sp³-hybridized carbons (Fsp3) is 0.500. The van der Waals surface area contributed by atoms with E-state index in [0.29, 0.717) is 18.7 Å². The normalized spacial score (nSPS) is 20.5. The predicted molar refractivity (Wildman–Crippen MR) is 43.8 cm³/mol. The van der Waals surface area contributed by atoms with Crippen LogP contribution < -0.4 is 10.9 Å². The molecule has 66 valence electrons. The van der Waals surface area contributed by atoms with Crippen LogP contribution in [0.1, 0.15) is 19.3 Å². The van der Waals surface area contributed by atoms with Crippen molar-refractivity contribution in [1.29, 1.82) is 0 Å². The summed E-state index contributed by atoms with van der Waals surface area (Å²) in [6.07, 6.45) is 7.11. The summed E-state index contributed by atoms with van der Waals surface area (Å²) in [7, 11) is 0. The quantitative estimate of drug-likeness (QED) is 0.356. The van der Waals surface area contributed by atoms with Gasteiger partial charge in [-0.1, -0.05) is 12.2 Å². The minimum Gasteiger partial charge on any atom is -0.277 e. The first kappa shape index (κ1) is 8.77. The molecule has 2 amide bonds. The molecule has 1 aliphatic carbocycles. The van der Waals surface area contributed by atoms with Crippen molar-refractivity contribution in [3.8, 4) is 0 Å². The van der Waals surface area contributed by atoms with E-state index in [1.54, 1.807) is 0 Å². The van der Waals surface area contributed by atoms with Crippen molar-refractivity contribution >= 4 is 12.3 Å². The van der Waals surface area contributed by atoms with E-state index in [2.05, 4.69) is 16.9 Å². The molecule has 12 heavy (non-hydrogen) atoms. The smallest absolute Gasteiger partial charge is 0.238 e. The number of hydrogen-bond acceptors (Lipinski definition) is 2. The van der Waals surface area contributed by atoms with Crippen molar-refractivity contribution in [2.45, 2.75) is 19.3 Å². The average molecular weight is 168 g/mol. The number of nitrogens with one attached hydrogen (secondary N) is 2. The zero-order chi connectivity index (χ0) is 8.81. The average Bonchev–Trinajstić information content (AvgIpc) is 2.53. The molecule has 0 spiro atoms. The van der Waals surface area contributed by atoms with Crippen LogP contribution in [-0.4, -0.2) is 12.3 Å². The molecule has 0 saturated heterocycles. The first-order chi connectivity index (χ1) is 5.83. The Hall–Kier alpha value is -1.32. The van der Waals surface area contributed by atoms with Crippen LogP contribution in [0.2, 0.25) is 0 Å². The topological polar surface area (TPSA) is 58.2 Å². The first-order valence-electron chi connectivity index (χ1n) is 3.97. The summed E-state index contributed by atoms with van der Waals surface area (Å²) >= 11 is 0. The Balaban J connectivity index is 2.16. The number of hydrazine groups is 1. The third-order valence-corrected chi connectivity index (χ3v) is 1.83. The van der Waals surface area contributed by atoms with Gasteiger partial charge in [-0.2, -0.15) is 0 Å². The molecule has 1 unspecified atom stereocenters.